The molecule has 1 aliphatic carbocycles. The average molecular weight is 435 g/mol. The average Bonchev–Trinajstić information content (AvgIpc) is 3.44. The van der Waals surface area contributed by atoms with Gasteiger partial charge >= 0.3 is 0 Å². The maximum Gasteiger partial charge on any atom is 0.242 e. The van der Waals surface area contributed by atoms with Crippen LogP contribution in [0.3, 0.4) is 0 Å². The van der Waals surface area contributed by atoms with Crippen LogP contribution in [0.2, 0.25) is 0 Å². The minimum atomic E-state index is 0.352. The Labute approximate surface area is 187 Å². The van der Waals surface area contributed by atoms with Crippen LogP contribution in [0, 0.1) is 25.7 Å². The molecule has 3 aromatic rings. The van der Waals surface area contributed by atoms with Gasteiger partial charge in [0.25, 0.3) is 0 Å². The summed E-state index contributed by atoms with van der Waals surface area (Å²) >= 11 is 1.64. The van der Waals surface area contributed by atoms with E-state index in [2.05, 4.69) is 63.5 Å². The molecule has 0 spiro atoms. The number of piperidine rings is 1. The molecule has 31 heavy (non-hydrogen) atoms. The van der Waals surface area contributed by atoms with E-state index in [0.717, 1.165) is 49.9 Å². The van der Waals surface area contributed by atoms with Gasteiger partial charge in [-0.05, 0) is 74.5 Å². The molecular weight excluding hydrogens is 404 g/mol. The van der Waals surface area contributed by atoms with E-state index in [4.69, 9.17) is 10.1 Å². The van der Waals surface area contributed by atoms with Crippen LogP contribution in [-0.2, 0) is 6.54 Å². The monoisotopic (exact) mass is 434 g/mol. The zero-order valence-electron chi connectivity index (χ0n) is 18.3. The van der Waals surface area contributed by atoms with Crippen molar-refractivity contribution in [1.29, 1.82) is 0 Å². The lowest BCUT2D eigenvalue weighted by atomic mass is 9.91. The molecule has 2 fully saturated rings. The Kier molecular flexibility index (Phi) is 4.74. The molecule has 3 atom stereocenters. The van der Waals surface area contributed by atoms with E-state index in [9.17, 15) is 0 Å². The molecule has 2 aliphatic heterocycles. The Morgan fingerprint density at radius 1 is 1.03 bits per heavy atom. The molecule has 3 aliphatic rings. The number of aromatic nitrogens is 4. The predicted octanol–water partition coefficient (Wildman–Crippen LogP) is 4.60. The first kappa shape index (κ1) is 19.3. The number of benzene rings is 1. The number of anilines is 2. The summed E-state index contributed by atoms with van der Waals surface area (Å²) in [5, 5.41) is 9.99. The normalized spacial score (nSPS) is 27.4. The molecule has 162 valence electrons. The Hall–Kier alpha value is -2.41. The number of aryl methyl sites for hydroxylation is 3. The van der Waals surface area contributed by atoms with Crippen molar-refractivity contribution in [2.24, 2.45) is 11.8 Å². The maximum atomic E-state index is 5.02. The number of nitrogens with zero attached hydrogens (tertiary/aromatic N) is 5. The lowest BCUT2D eigenvalue weighted by Gasteiger charge is -2.38. The number of hydrogen-bond donors (Lipinski definition) is 1. The van der Waals surface area contributed by atoms with E-state index >= 15 is 0 Å². The van der Waals surface area contributed by atoms with E-state index in [1.165, 1.54) is 29.0 Å². The minimum Gasteiger partial charge on any atom is -0.361 e. The number of hydrogen-bond acceptors (Lipinski definition) is 6. The van der Waals surface area contributed by atoms with Gasteiger partial charge in [-0.3, -0.25) is 0 Å². The van der Waals surface area contributed by atoms with Gasteiger partial charge in [-0.1, -0.05) is 29.8 Å². The summed E-state index contributed by atoms with van der Waals surface area (Å²) in [6.45, 7) is 7.41. The molecule has 3 unspecified atom stereocenters. The lowest BCUT2D eigenvalue weighted by Crippen LogP contribution is -2.48. The standard InChI is InChI=1S/C24H30N6S/c1-15-5-7-17(8-6-15)20-4-3-11-30-23(20)26-24(27-30)25-22-18-9-10-19(22)14-29(13-18)21-12-16(2)28-31-21/h5-8,12,18-20,22H,3-4,9-11,13-14H2,1-2H3,(H,25,27). The van der Waals surface area contributed by atoms with E-state index in [1.54, 1.807) is 11.5 Å². The number of rotatable bonds is 4. The highest BCUT2D eigenvalue weighted by molar-refractivity contribution is 7.10. The smallest absolute Gasteiger partial charge is 0.242 e. The van der Waals surface area contributed by atoms with Crippen LogP contribution >= 0.6 is 11.5 Å². The van der Waals surface area contributed by atoms with Gasteiger partial charge in [0.2, 0.25) is 5.95 Å². The molecule has 1 saturated heterocycles. The molecule has 2 bridgehead atoms. The second kappa shape index (κ2) is 7.62. The van der Waals surface area contributed by atoms with Crippen LogP contribution in [0.25, 0.3) is 0 Å². The van der Waals surface area contributed by atoms with Gasteiger partial charge in [0.1, 0.15) is 10.8 Å². The quantitative estimate of drug-likeness (QED) is 0.650. The fourth-order valence-electron chi connectivity index (χ4n) is 5.81. The zero-order valence-corrected chi connectivity index (χ0v) is 19.1. The number of fused-ring (bicyclic) bond motifs is 3. The van der Waals surface area contributed by atoms with Gasteiger partial charge in [-0.2, -0.15) is 9.36 Å². The fraction of sp³-hybridized carbons (Fsp3) is 0.542. The highest BCUT2D eigenvalue weighted by Gasteiger charge is 2.43. The Morgan fingerprint density at radius 3 is 2.52 bits per heavy atom. The highest BCUT2D eigenvalue weighted by Crippen LogP contribution is 2.41. The van der Waals surface area contributed by atoms with Crippen molar-refractivity contribution < 1.29 is 0 Å². The molecular formula is C24H30N6S. The molecule has 1 aromatic carbocycles. The molecule has 6 rings (SSSR count). The van der Waals surface area contributed by atoms with E-state index in [1.807, 2.05) is 0 Å². The molecule has 1 N–H and O–H groups in total. The molecule has 7 heteroatoms. The van der Waals surface area contributed by atoms with Gasteiger partial charge in [0, 0.05) is 31.6 Å². The summed E-state index contributed by atoms with van der Waals surface area (Å²) in [5.74, 6) is 3.61. The van der Waals surface area contributed by atoms with Gasteiger partial charge in [-0.15, -0.1) is 5.10 Å². The maximum absolute atomic E-state index is 5.02. The second-order valence-corrected chi connectivity index (χ2v) is 10.4. The molecule has 1 saturated carbocycles. The van der Waals surface area contributed by atoms with Crippen LogP contribution in [0.1, 0.15) is 54.2 Å². The first-order chi connectivity index (χ1) is 15.1. The first-order valence-corrected chi connectivity index (χ1v) is 12.4. The van der Waals surface area contributed by atoms with Crippen molar-refractivity contribution in [3.63, 3.8) is 0 Å². The second-order valence-electron chi connectivity index (χ2n) is 9.60. The van der Waals surface area contributed by atoms with Crippen LogP contribution < -0.4 is 10.2 Å². The van der Waals surface area contributed by atoms with E-state index in [-0.39, 0.29) is 0 Å². The van der Waals surface area contributed by atoms with Gasteiger partial charge in [0.05, 0.1) is 5.69 Å². The summed E-state index contributed by atoms with van der Waals surface area (Å²) in [7, 11) is 0. The summed E-state index contributed by atoms with van der Waals surface area (Å²) in [6, 6.07) is 11.6. The van der Waals surface area contributed by atoms with Crippen molar-refractivity contribution in [3.05, 3.63) is 53.0 Å². The summed E-state index contributed by atoms with van der Waals surface area (Å²) in [6.07, 6.45) is 4.89. The summed E-state index contributed by atoms with van der Waals surface area (Å²) in [4.78, 5) is 7.57. The Balaban J connectivity index is 1.20. The molecule has 0 amide bonds. The lowest BCUT2D eigenvalue weighted by molar-refractivity contribution is 0.377. The van der Waals surface area contributed by atoms with Crippen LogP contribution in [0.5, 0.6) is 0 Å². The molecule has 6 nitrogen and oxygen atoms in total. The largest absolute Gasteiger partial charge is 0.361 e. The Bertz CT molecular complexity index is 1060. The topological polar surface area (TPSA) is 58.9 Å². The molecule has 0 radical (unpaired) electrons. The zero-order chi connectivity index (χ0) is 20.9. The number of nitrogens with one attached hydrogen (secondary N) is 1. The van der Waals surface area contributed by atoms with Crippen LogP contribution in [0.4, 0.5) is 10.9 Å². The third-order valence-corrected chi connectivity index (χ3v) is 8.35. The first-order valence-electron chi connectivity index (χ1n) is 11.6. The van der Waals surface area contributed by atoms with Gasteiger partial charge < -0.3 is 10.2 Å². The molecule has 4 heterocycles. The summed E-state index contributed by atoms with van der Waals surface area (Å²) < 4.78 is 6.63. The minimum absolute atomic E-state index is 0.352. The highest BCUT2D eigenvalue weighted by atomic mass is 32.1. The predicted molar refractivity (Wildman–Crippen MR) is 125 cm³/mol. The van der Waals surface area contributed by atoms with Crippen molar-refractivity contribution in [1.82, 2.24) is 19.1 Å². The summed E-state index contributed by atoms with van der Waals surface area (Å²) in [5.41, 5.74) is 3.79. The van der Waals surface area contributed by atoms with Crippen LogP contribution in [-0.4, -0.2) is 38.3 Å². The van der Waals surface area contributed by atoms with E-state index < -0.39 is 0 Å². The Morgan fingerprint density at radius 2 is 1.81 bits per heavy atom. The van der Waals surface area contributed by atoms with Crippen molar-refractivity contribution in [3.8, 4) is 0 Å². The molecule has 2 aromatic heterocycles. The third-order valence-electron chi connectivity index (χ3n) is 7.41. The van der Waals surface area contributed by atoms with Crippen molar-refractivity contribution in [2.75, 3.05) is 23.3 Å². The van der Waals surface area contributed by atoms with Crippen molar-refractivity contribution in [2.45, 2.75) is 58.0 Å². The third kappa shape index (κ3) is 3.53. The van der Waals surface area contributed by atoms with E-state index in [0.29, 0.717) is 23.8 Å². The fourth-order valence-corrected chi connectivity index (χ4v) is 6.59. The van der Waals surface area contributed by atoms with Crippen molar-refractivity contribution >= 4 is 22.5 Å². The van der Waals surface area contributed by atoms with Gasteiger partial charge in [-0.25, -0.2) is 4.68 Å². The van der Waals surface area contributed by atoms with Gasteiger partial charge in [0.15, 0.2) is 0 Å². The SMILES string of the molecule is Cc1ccc(C2CCCn3nc(NC4C5CCC4CN(c4cc(C)ns4)C5)nc32)cc1. The van der Waals surface area contributed by atoms with Crippen LogP contribution in [0.15, 0.2) is 30.3 Å².